The molecule has 0 aliphatic carbocycles. The number of methoxy groups -OCH3 is 1. The van der Waals surface area contributed by atoms with Gasteiger partial charge >= 0.3 is 5.97 Å². The van der Waals surface area contributed by atoms with Gasteiger partial charge in [0.1, 0.15) is 0 Å². The SMILES string of the molecule is COC(=O)C[C@H](C)NCC(C)C. The maximum absolute atomic E-state index is 10.8. The van der Waals surface area contributed by atoms with Gasteiger partial charge in [-0.25, -0.2) is 0 Å². The lowest BCUT2D eigenvalue weighted by Gasteiger charge is -2.13. The molecule has 72 valence electrons. The Balaban J connectivity index is 3.45. The lowest BCUT2D eigenvalue weighted by molar-refractivity contribution is -0.141. The molecule has 0 saturated carbocycles. The van der Waals surface area contributed by atoms with Gasteiger partial charge in [0.2, 0.25) is 0 Å². The fraction of sp³-hybridized carbons (Fsp3) is 0.889. The van der Waals surface area contributed by atoms with E-state index in [1.54, 1.807) is 0 Å². The zero-order valence-corrected chi connectivity index (χ0v) is 8.39. The van der Waals surface area contributed by atoms with Crippen molar-refractivity contribution in [3.05, 3.63) is 0 Å². The van der Waals surface area contributed by atoms with Crippen LogP contribution in [0.2, 0.25) is 0 Å². The van der Waals surface area contributed by atoms with Gasteiger partial charge in [-0.1, -0.05) is 13.8 Å². The molecule has 3 nitrogen and oxygen atoms in total. The minimum atomic E-state index is -0.154. The average molecular weight is 173 g/mol. The second kappa shape index (κ2) is 6.00. The van der Waals surface area contributed by atoms with E-state index in [0.717, 1.165) is 6.54 Å². The van der Waals surface area contributed by atoms with Crippen LogP contribution in [0, 0.1) is 5.92 Å². The van der Waals surface area contributed by atoms with Crippen molar-refractivity contribution in [2.24, 2.45) is 5.92 Å². The molecular formula is C9H19NO2. The standard InChI is InChI=1S/C9H19NO2/c1-7(2)6-10-8(3)5-9(11)12-4/h7-8,10H,5-6H2,1-4H3/t8-/m0/s1. The highest BCUT2D eigenvalue weighted by atomic mass is 16.5. The first-order valence-electron chi connectivity index (χ1n) is 4.36. The Morgan fingerprint density at radius 3 is 2.42 bits per heavy atom. The Hall–Kier alpha value is -0.570. The Labute approximate surface area is 74.5 Å². The van der Waals surface area contributed by atoms with Crippen molar-refractivity contribution in [3.63, 3.8) is 0 Å². The van der Waals surface area contributed by atoms with Gasteiger partial charge < -0.3 is 10.1 Å². The molecule has 0 aromatic rings. The average Bonchev–Trinajstić information content (AvgIpc) is 2.00. The molecule has 0 saturated heterocycles. The molecule has 1 N–H and O–H groups in total. The second-order valence-corrected chi connectivity index (χ2v) is 3.48. The van der Waals surface area contributed by atoms with Crippen LogP contribution < -0.4 is 5.32 Å². The molecular weight excluding hydrogens is 154 g/mol. The maximum atomic E-state index is 10.8. The van der Waals surface area contributed by atoms with Gasteiger partial charge in [-0.15, -0.1) is 0 Å². The molecule has 12 heavy (non-hydrogen) atoms. The van der Waals surface area contributed by atoms with Crippen LogP contribution in [0.25, 0.3) is 0 Å². The van der Waals surface area contributed by atoms with Crippen LogP contribution in [0.5, 0.6) is 0 Å². The number of ether oxygens (including phenoxy) is 1. The number of nitrogens with one attached hydrogen (secondary N) is 1. The number of rotatable bonds is 5. The van der Waals surface area contributed by atoms with Gasteiger partial charge in [-0.05, 0) is 19.4 Å². The number of carbonyl (C=O) groups excluding carboxylic acids is 1. The number of esters is 1. The first-order valence-corrected chi connectivity index (χ1v) is 4.36. The van der Waals surface area contributed by atoms with Crippen molar-refractivity contribution in [2.75, 3.05) is 13.7 Å². The predicted octanol–water partition coefficient (Wildman–Crippen LogP) is 1.18. The summed E-state index contributed by atoms with van der Waals surface area (Å²) in [5.74, 6) is 0.462. The van der Waals surface area contributed by atoms with E-state index in [0.29, 0.717) is 12.3 Å². The van der Waals surface area contributed by atoms with Gasteiger partial charge in [0.15, 0.2) is 0 Å². The highest BCUT2D eigenvalue weighted by molar-refractivity contribution is 5.69. The van der Waals surface area contributed by atoms with Crippen molar-refractivity contribution >= 4 is 5.97 Å². The van der Waals surface area contributed by atoms with Crippen molar-refractivity contribution in [1.82, 2.24) is 5.32 Å². The van der Waals surface area contributed by atoms with E-state index in [1.807, 2.05) is 6.92 Å². The van der Waals surface area contributed by atoms with Crippen molar-refractivity contribution in [2.45, 2.75) is 33.2 Å². The molecule has 0 aromatic carbocycles. The molecule has 0 heterocycles. The maximum Gasteiger partial charge on any atom is 0.307 e. The quantitative estimate of drug-likeness (QED) is 0.634. The second-order valence-electron chi connectivity index (χ2n) is 3.48. The normalized spacial score (nSPS) is 13.1. The number of carbonyl (C=O) groups is 1. The van der Waals surface area contributed by atoms with Crippen molar-refractivity contribution < 1.29 is 9.53 Å². The molecule has 0 amide bonds. The lowest BCUT2D eigenvalue weighted by Crippen LogP contribution is -2.31. The molecule has 0 unspecified atom stereocenters. The summed E-state index contributed by atoms with van der Waals surface area (Å²) >= 11 is 0. The lowest BCUT2D eigenvalue weighted by atomic mass is 10.2. The van der Waals surface area contributed by atoms with Crippen molar-refractivity contribution in [1.29, 1.82) is 0 Å². The summed E-state index contributed by atoms with van der Waals surface area (Å²) in [6.07, 6.45) is 0.448. The summed E-state index contributed by atoms with van der Waals surface area (Å²) in [4.78, 5) is 10.8. The van der Waals surface area contributed by atoms with Gasteiger partial charge in [0, 0.05) is 6.04 Å². The third-order valence-corrected chi connectivity index (χ3v) is 1.58. The summed E-state index contributed by atoms with van der Waals surface area (Å²) in [7, 11) is 1.41. The smallest absolute Gasteiger partial charge is 0.307 e. The fourth-order valence-electron chi connectivity index (χ4n) is 0.842. The van der Waals surface area contributed by atoms with Crippen LogP contribution in [0.3, 0.4) is 0 Å². The molecule has 1 atom stereocenters. The molecule has 0 radical (unpaired) electrons. The predicted molar refractivity (Wildman–Crippen MR) is 48.9 cm³/mol. The highest BCUT2D eigenvalue weighted by Crippen LogP contribution is 1.95. The van der Waals surface area contributed by atoms with Crippen LogP contribution in [0.15, 0.2) is 0 Å². The summed E-state index contributed by atoms with van der Waals surface area (Å²) in [6, 6.07) is 0.208. The van der Waals surface area contributed by atoms with Gasteiger partial charge in [0.05, 0.1) is 13.5 Å². The topological polar surface area (TPSA) is 38.3 Å². The van der Waals surface area contributed by atoms with E-state index < -0.39 is 0 Å². The Kier molecular flexibility index (Phi) is 5.72. The summed E-state index contributed by atoms with van der Waals surface area (Å²) in [5.41, 5.74) is 0. The Morgan fingerprint density at radius 2 is 2.00 bits per heavy atom. The van der Waals surface area contributed by atoms with Gasteiger partial charge in [-0.2, -0.15) is 0 Å². The van der Waals surface area contributed by atoms with E-state index in [-0.39, 0.29) is 12.0 Å². The van der Waals surface area contributed by atoms with Crippen LogP contribution in [-0.2, 0) is 9.53 Å². The van der Waals surface area contributed by atoms with Crippen molar-refractivity contribution in [3.8, 4) is 0 Å². The minimum absolute atomic E-state index is 0.154. The first-order chi connectivity index (χ1) is 5.56. The molecule has 0 spiro atoms. The van der Waals surface area contributed by atoms with E-state index in [4.69, 9.17) is 0 Å². The molecule has 0 aliphatic rings. The van der Waals surface area contributed by atoms with E-state index in [1.165, 1.54) is 7.11 Å². The number of hydrogen-bond donors (Lipinski definition) is 1. The minimum Gasteiger partial charge on any atom is -0.469 e. The molecule has 0 bridgehead atoms. The Morgan fingerprint density at radius 1 is 1.42 bits per heavy atom. The summed E-state index contributed by atoms with van der Waals surface area (Å²) in [6.45, 7) is 7.20. The third kappa shape index (κ3) is 6.16. The fourth-order valence-corrected chi connectivity index (χ4v) is 0.842. The highest BCUT2D eigenvalue weighted by Gasteiger charge is 2.08. The third-order valence-electron chi connectivity index (χ3n) is 1.58. The molecule has 3 heteroatoms. The molecule has 0 rings (SSSR count). The molecule has 0 fully saturated rings. The van der Waals surface area contributed by atoms with Crippen LogP contribution in [0.1, 0.15) is 27.2 Å². The van der Waals surface area contributed by atoms with Gasteiger partial charge in [0.25, 0.3) is 0 Å². The summed E-state index contributed by atoms with van der Waals surface area (Å²) < 4.78 is 4.55. The largest absolute Gasteiger partial charge is 0.469 e. The van der Waals surface area contributed by atoms with Crippen LogP contribution in [-0.4, -0.2) is 25.7 Å². The van der Waals surface area contributed by atoms with E-state index in [9.17, 15) is 4.79 Å². The first kappa shape index (κ1) is 11.4. The van der Waals surface area contributed by atoms with E-state index in [2.05, 4.69) is 23.9 Å². The number of hydrogen-bond acceptors (Lipinski definition) is 3. The molecule has 0 aliphatic heterocycles. The molecule has 0 aromatic heterocycles. The van der Waals surface area contributed by atoms with Crippen LogP contribution >= 0.6 is 0 Å². The van der Waals surface area contributed by atoms with Crippen LogP contribution in [0.4, 0.5) is 0 Å². The van der Waals surface area contributed by atoms with Gasteiger partial charge in [-0.3, -0.25) is 4.79 Å². The van der Waals surface area contributed by atoms with E-state index >= 15 is 0 Å². The zero-order chi connectivity index (χ0) is 9.56. The Bertz CT molecular complexity index is 134. The zero-order valence-electron chi connectivity index (χ0n) is 8.39. The monoisotopic (exact) mass is 173 g/mol. The summed E-state index contributed by atoms with van der Waals surface area (Å²) in [5, 5.41) is 3.25.